The predicted molar refractivity (Wildman–Crippen MR) is 64.9 cm³/mol. The van der Waals surface area contributed by atoms with Crippen molar-refractivity contribution in [2.75, 3.05) is 17.3 Å². The molecule has 5 nitrogen and oxygen atoms in total. The molecule has 0 spiro atoms. The minimum absolute atomic E-state index is 0.209. The molecule has 0 aliphatic heterocycles. The van der Waals surface area contributed by atoms with Crippen molar-refractivity contribution in [3.63, 3.8) is 0 Å². The Morgan fingerprint density at radius 1 is 1.47 bits per heavy atom. The lowest BCUT2D eigenvalue weighted by atomic mass is 9.89. The van der Waals surface area contributed by atoms with Gasteiger partial charge in [-0.25, -0.2) is 15.2 Å². The molecule has 6 heteroatoms. The van der Waals surface area contributed by atoms with Gasteiger partial charge < -0.3 is 5.32 Å². The Balaban J connectivity index is 2.02. The largest absolute Gasteiger partial charge is 0.367 e. The molecule has 0 atom stereocenters. The topological polar surface area (TPSA) is 75.9 Å². The number of nitrogen functional groups attached to an aromatic ring is 1. The van der Waals surface area contributed by atoms with Crippen LogP contribution in [0.5, 0.6) is 0 Å². The van der Waals surface area contributed by atoms with Gasteiger partial charge in [0.05, 0.1) is 6.20 Å². The molecule has 0 bridgehead atoms. The summed E-state index contributed by atoms with van der Waals surface area (Å²) in [5.74, 6) is 5.16. The molecule has 4 N–H and O–H groups in total. The normalized spacial score (nSPS) is 18.1. The standard InChI is InChI=1S/C11H18FN5/c1-11(4-2-3-5-11)7-15-9-8(12)6-14-10(16-9)17-13/h6H,2-5,7,13H2,1H3,(H2,14,15,16,17). The summed E-state index contributed by atoms with van der Waals surface area (Å²) in [5.41, 5.74) is 2.55. The summed E-state index contributed by atoms with van der Waals surface area (Å²) in [4.78, 5) is 7.64. The van der Waals surface area contributed by atoms with Gasteiger partial charge in [0.2, 0.25) is 5.95 Å². The van der Waals surface area contributed by atoms with Crippen LogP contribution >= 0.6 is 0 Å². The zero-order valence-corrected chi connectivity index (χ0v) is 9.96. The summed E-state index contributed by atoms with van der Waals surface area (Å²) in [6, 6.07) is 0. The highest BCUT2D eigenvalue weighted by molar-refractivity contribution is 5.40. The number of nitrogens with one attached hydrogen (secondary N) is 2. The molecule has 94 valence electrons. The summed E-state index contributed by atoms with van der Waals surface area (Å²) in [6.07, 6.45) is 5.96. The van der Waals surface area contributed by atoms with E-state index in [1.54, 1.807) is 0 Å². The smallest absolute Gasteiger partial charge is 0.239 e. The van der Waals surface area contributed by atoms with E-state index in [1.165, 1.54) is 25.7 Å². The first kappa shape index (κ1) is 12.0. The van der Waals surface area contributed by atoms with Crippen LogP contribution in [-0.2, 0) is 0 Å². The SMILES string of the molecule is CC1(CNc2nc(NN)ncc2F)CCCC1. The molecule has 0 aromatic carbocycles. The number of hydrazine groups is 1. The van der Waals surface area contributed by atoms with Crippen molar-refractivity contribution >= 4 is 11.8 Å². The Morgan fingerprint density at radius 3 is 2.82 bits per heavy atom. The van der Waals surface area contributed by atoms with Crippen LogP contribution in [0.2, 0.25) is 0 Å². The zero-order valence-electron chi connectivity index (χ0n) is 9.96. The van der Waals surface area contributed by atoms with Gasteiger partial charge in [-0.15, -0.1) is 0 Å². The lowest BCUT2D eigenvalue weighted by Crippen LogP contribution is -2.24. The van der Waals surface area contributed by atoms with E-state index in [2.05, 4.69) is 27.6 Å². The summed E-state index contributed by atoms with van der Waals surface area (Å²) >= 11 is 0. The molecule has 1 aromatic heterocycles. The number of hydrogen-bond acceptors (Lipinski definition) is 5. The summed E-state index contributed by atoms with van der Waals surface area (Å²) in [5, 5.41) is 3.05. The number of anilines is 2. The van der Waals surface area contributed by atoms with E-state index >= 15 is 0 Å². The molecular formula is C11H18FN5. The number of aromatic nitrogens is 2. The zero-order chi connectivity index (χ0) is 12.3. The van der Waals surface area contributed by atoms with Gasteiger partial charge in [0.15, 0.2) is 11.6 Å². The Kier molecular flexibility index (Phi) is 3.42. The molecule has 0 unspecified atom stereocenters. The van der Waals surface area contributed by atoms with Crippen molar-refractivity contribution in [1.29, 1.82) is 0 Å². The maximum atomic E-state index is 13.4. The predicted octanol–water partition coefficient (Wildman–Crippen LogP) is 1.89. The molecule has 1 saturated carbocycles. The quantitative estimate of drug-likeness (QED) is 0.552. The molecule has 2 rings (SSSR count). The van der Waals surface area contributed by atoms with Gasteiger partial charge in [0.1, 0.15) is 0 Å². The number of nitrogens with zero attached hydrogens (tertiary/aromatic N) is 2. The fourth-order valence-corrected chi connectivity index (χ4v) is 2.26. The van der Waals surface area contributed by atoms with Gasteiger partial charge >= 0.3 is 0 Å². The third kappa shape index (κ3) is 2.82. The number of rotatable bonds is 4. The molecule has 1 fully saturated rings. The summed E-state index contributed by atoms with van der Waals surface area (Å²) < 4.78 is 13.4. The highest BCUT2D eigenvalue weighted by atomic mass is 19.1. The average molecular weight is 239 g/mol. The number of nitrogens with two attached hydrogens (primary N) is 1. The van der Waals surface area contributed by atoms with Gasteiger partial charge in [-0.2, -0.15) is 4.98 Å². The number of halogens is 1. The van der Waals surface area contributed by atoms with E-state index in [4.69, 9.17) is 5.84 Å². The second kappa shape index (κ2) is 4.83. The highest BCUT2D eigenvalue weighted by Crippen LogP contribution is 2.37. The molecule has 17 heavy (non-hydrogen) atoms. The first-order valence-corrected chi connectivity index (χ1v) is 5.86. The summed E-state index contributed by atoms with van der Waals surface area (Å²) in [6.45, 7) is 2.94. The van der Waals surface area contributed by atoms with Crippen molar-refractivity contribution in [2.24, 2.45) is 11.3 Å². The monoisotopic (exact) mass is 239 g/mol. The van der Waals surface area contributed by atoms with Gasteiger partial charge in [0.25, 0.3) is 0 Å². The first-order chi connectivity index (χ1) is 8.13. The van der Waals surface area contributed by atoms with E-state index in [-0.39, 0.29) is 17.2 Å². The molecule has 0 amide bonds. The van der Waals surface area contributed by atoms with Gasteiger partial charge in [-0.1, -0.05) is 19.8 Å². The summed E-state index contributed by atoms with van der Waals surface area (Å²) in [7, 11) is 0. The van der Waals surface area contributed by atoms with Crippen molar-refractivity contribution in [2.45, 2.75) is 32.6 Å². The Hall–Kier alpha value is -1.43. The Morgan fingerprint density at radius 2 is 2.18 bits per heavy atom. The molecule has 1 aliphatic carbocycles. The van der Waals surface area contributed by atoms with Gasteiger partial charge in [-0.05, 0) is 18.3 Å². The van der Waals surface area contributed by atoms with Gasteiger partial charge in [-0.3, -0.25) is 5.43 Å². The maximum absolute atomic E-state index is 13.4. The van der Waals surface area contributed by atoms with Crippen LogP contribution in [0.3, 0.4) is 0 Å². The van der Waals surface area contributed by atoms with Crippen molar-refractivity contribution in [1.82, 2.24) is 9.97 Å². The van der Waals surface area contributed by atoms with E-state index in [0.29, 0.717) is 0 Å². The first-order valence-electron chi connectivity index (χ1n) is 5.86. The minimum Gasteiger partial charge on any atom is -0.367 e. The molecule has 0 radical (unpaired) electrons. The van der Waals surface area contributed by atoms with Crippen LogP contribution in [0.4, 0.5) is 16.2 Å². The van der Waals surface area contributed by atoms with E-state index in [1.807, 2.05) is 0 Å². The average Bonchev–Trinajstić information content (AvgIpc) is 2.76. The van der Waals surface area contributed by atoms with Crippen molar-refractivity contribution < 1.29 is 4.39 Å². The second-order valence-electron chi connectivity index (χ2n) is 4.91. The van der Waals surface area contributed by atoms with E-state index in [9.17, 15) is 4.39 Å². The molecule has 1 aliphatic rings. The van der Waals surface area contributed by atoms with Crippen molar-refractivity contribution in [3.8, 4) is 0 Å². The Labute approximate surface area is 100.0 Å². The number of hydrogen-bond donors (Lipinski definition) is 3. The van der Waals surface area contributed by atoms with E-state index < -0.39 is 5.82 Å². The third-order valence-electron chi connectivity index (χ3n) is 3.37. The Bertz CT molecular complexity index is 389. The van der Waals surface area contributed by atoms with Crippen LogP contribution < -0.4 is 16.6 Å². The highest BCUT2D eigenvalue weighted by Gasteiger charge is 2.28. The van der Waals surface area contributed by atoms with Crippen LogP contribution in [0.25, 0.3) is 0 Å². The van der Waals surface area contributed by atoms with Gasteiger partial charge in [0, 0.05) is 6.54 Å². The van der Waals surface area contributed by atoms with E-state index in [0.717, 1.165) is 12.7 Å². The third-order valence-corrected chi connectivity index (χ3v) is 3.37. The van der Waals surface area contributed by atoms with Crippen LogP contribution in [-0.4, -0.2) is 16.5 Å². The fraction of sp³-hybridized carbons (Fsp3) is 0.636. The molecule has 1 aromatic rings. The van der Waals surface area contributed by atoms with Crippen molar-refractivity contribution in [3.05, 3.63) is 12.0 Å². The van der Waals surface area contributed by atoms with Crippen LogP contribution in [0.15, 0.2) is 6.20 Å². The fourth-order valence-electron chi connectivity index (χ4n) is 2.26. The molecular weight excluding hydrogens is 221 g/mol. The molecule has 0 saturated heterocycles. The van der Waals surface area contributed by atoms with Crippen LogP contribution in [0.1, 0.15) is 32.6 Å². The lowest BCUT2D eigenvalue weighted by Gasteiger charge is -2.24. The molecule has 1 heterocycles. The second-order valence-corrected chi connectivity index (χ2v) is 4.91. The minimum atomic E-state index is -0.453. The lowest BCUT2D eigenvalue weighted by molar-refractivity contribution is 0.361. The van der Waals surface area contributed by atoms with Crippen LogP contribution in [0, 0.1) is 11.2 Å². The maximum Gasteiger partial charge on any atom is 0.239 e.